The minimum Gasteiger partial charge on any atom is -0.369 e. The molecule has 0 N–H and O–H groups in total. The van der Waals surface area contributed by atoms with Crippen LogP contribution in [0.5, 0.6) is 0 Å². The number of piperazine rings is 1. The first kappa shape index (κ1) is 18.6. The average molecular weight is 391 g/mol. The third-order valence-electron chi connectivity index (χ3n) is 5.09. The Kier molecular flexibility index (Phi) is 4.72. The first-order chi connectivity index (χ1) is 14.0. The number of halogens is 1. The summed E-state index contributed by atoms with van der Waals surface area (Å²) in [5, 5.41) is 5.20. The zero-order valence-electron chi connectivity index (χ0n) is 15.8. The van der Waals surface area contributed by atoms with Gasteiger partial charge in [0.15, 0.2) is 11.4 Å². The number of carbonyl (C=O) groups excluding carboxylic acids is 1. The summed E-state index contributed by atoms with van der Waals surface area (Å²) in [6.07, 6.45) is 0. The lowest BCUT2D eigenvalue weighted by Crippen LogP contribution is -2.49. The van der Waals surface area contributed by atoms with Crippen molar-refractivity contribution in [3.8, 4) is 0 Å². The Bertz CT molecular complexity index is 1210. The van der Waals surface area contributed by atoms with Crippen LogP contribution >= 0.6 is 0 Å². The normalized spacial score (nSPS) is 14.1. The molecule has 2 heterocycles. The molecule has 0 bridgehead atoms. The molecule has 8 heteroatoms. The van der Waals surface area contributed by atoms with E-state index in [9.17, 15) is 14.0 Å². The molecule has 1 aliphatic heterocycles. The first-order valence-corrected chi connectivity index (χ1v) is 9.16. The molecule has 7 nitrogen and oxygen atoms in total. The van der Waals surface area contributed by atoms with Gasteiger partial charge in [-0.3, -0.25) is 9.59 Å². The largest absolute Gasteiger partial charge is 0.369 e. The minimum atomic E-state index is -0.451. The highest BCUT2D eigenvalue weighted by atomic mass is 19.1. The van der Waals surface area contributed by atoms with Crippen molar-refractivity contribution in [2.24, 2.45) is 7.05 Å². The fourth-order valence-corrected chi connectivity index (χ4v) is 3.58. The second kappa shape index (κ2) is 7.36. The number of nitrogens with zero attached hydrogens (tertiary/aromatic N) is 5. The molecule has 0 aliphatic carbocycles. The van der Waals surface area contributed by atoms with Gasteiger partial charge in [-0.1, -0.05) is 18.2 Å². The second-order valence-electron chi connectivity index (χ2n) is 6.88. The molecule has 1 amide bonds. The van der Waals surface area contributed by atoms with Gasteiger partial charge in [0.1, 0.15) is 5.82 Å². The summed E-state index contributed by atoms with van der Waals surface area (Å²) in [5.74, 6) is -0.689. The van der Waals surface area contributed by atoms with Gasteiger partial charge in [0, 0.05) is 44.3 Å². The van der Waals surface area contributed by atoms with Crippen molar-refractivity contribution in [3.05, 3.63) is 75.7 Å². The lowest BCUT2D eigenvalue weighted by Gasteiger charge is -2.36. The molecule has 1 aliphatic rings. The summed E-state index contributed by atoms with van der Waals surface area (Å²) in [4.78, 5) is 32.3. The van der Waals surface area contributed by atoms with Crippen molar-refractivity contribution < 1.29 is 9.18 Å². The van der Waals surface area contributed by atoms with Crippen LogP contribution in [-0.4, -0.2) is 46.8 Å². The molecule has 0 unspecified atom stereocenters. The number of fused-ring (bicyclic) bond motifs is 1. The van der Waals surface area contributed by atoms with Crippen LogP contribution in [0.4, 0.5) is 15.8 Å². The van der Waals surface area contributed by atoms with Crippen LogP contribution in [0, 0.1) is 12.4 Å². The summed E-state index contributed by atoms with van der Waals surface area (Å²) in [7, 11) is 1.53. The predicted octanol–water partition coefficient (Wildman–Crippen LogP) is 2.59. The molecule has 146 valence electrons. The van der Waals surface area contributed by atoms with Crippen LogP contribution in [0.15, 0.2) is 47.3 Å². The van der Waals surface area contributed by atoms with Crippen LogP contribution in [0.25, 0.3) is 15.6 Å². The van der Waals surface area contributed by atoms with Gasteiger partial charge in [0.2, 0.25) is 0 Å². The number of anilines is 1. The van der Waals surface area contributed by atoms with Crippen LogP contribution in [0.1, 0.15) is 10.5 Å². The Morgan fingerprint density at radius 2 is 1.79 bits per heavy atom. The number of aryl methyl sites for hydroxylation is 1. The Morgan fingerprint density at radius 1 is 1.10 bits per heavy atom. The van der Waals surface area contributed by atoms with E-state index in [4.69, 9.17) is 6.57 Å². The van der Waals surface area contributed by atoms with E-state index >= 15 is 0 Å². The fraction of sp³-hybridized carbons (Fsp3) is 0.238. The Labute approximate surface area is 166 Å². The topological polar surface area (TPSA) is 62.8 Å². The Hall–Kier alpha value is -3.73. The number of rotatable bonds is 2. The fourth-order valence-electron chi connectivity index (χ4n) is 3.58. The lowest BCUT2D eigenvalue weighted by atomic mass is 10.1. The quantitative estimate of drug-likeness (QED) is 0.630. The number of carbonyl (C=O) groups is 1. The van der Waals surface area contributed by atoms with Gasteiger partial charge in [-0.15, -0.1) is 0 Å². The van der Waals surface area contributed by atoms with E-state index < -0.39 is 5.82 Å². The third-order valence-corrected chi connectivity index (χ3v) is 5.09. The number of benzene rings is 2. The molecule has 1 saturated heterocycles. The Balaban J connectivity index is 1.57. The molecule has 3 aromatic rings. The van der Waals surface area contributed by atoms with Gasteiger partial charge < -0.3 is 9.80 Å². The monoisotopic (exact) mass is 391 g/mol. The van der Waals surface area contributed by atoms with Crippen molar-refractivity contribution in [3.63, 3.8) is 0 Å². The van der Waals surface area contributed by atoms with Gasteiger partial charge in [-0.05, 0) is 24.3 Å². The standard InChI is InChI=1S/C21H18FN5O2/c1-23-15-11-14(22)12-16(13-15)26-7-9-27(10-8-26)21(29)19-17-5-3-4-6-18(17)20(28)25(2)24-19/h3-6,11-13H,7-10H2,2H3. The van der Waals surface area contributed by atoms with Crippen LogP contribution < -0.4 is 10.5 Å². The Morgan fingerprint density at radius 3 is 2.48 bits per heavy atom. The molecule has 0 saturated carbocycles. The maximum absolute atomic E-state index is 13.7. The van der Waals surface area contributed by atoms with Crippen LogP contribution in [-0.2, 0) is 7.05 Å². The summed E-state index contributed by atoms with van der Waals surface area (Å²) >= 11 is 0. The van der Waals surface area contributed by atoms with Crippen molar-refractivity contribution in [1.82, 2.24) is 14.7 Å². The second-order valence-corrected chi connectivity index (χ2v) is 6.88. The molecule has 29 heavy (non-hydrogen) atoms. The summed E-state index contributed by atoms with van der Waals surface area (Å²) in [5.41, 5.74) is 0.883. The van der Waals surface area contributed by atoms with Gasteiger partial charge in [0.25, 0.3) is 11.5 Å². The average Bonchev–Trinajstić information content (AvgIpc) is 2.75. The molecule has 0 atom stereocenters. The number of amides is 1. The molecular formula is C21H18FN5O2. The predicted molar refractivity (Wildman–Crippen MR) is 108 cm³/mol. The van der Waals surface area contributed by atoms with Crippen molar-refractivity contribution in [2.75, 3.05) is 31.1 Å². The summed E-state index contributed by atoms with van der Waals surface area (Å²) < 4.78 is 14.9. The molecule has 1 fully saturated rings. The molecule has 0 spiro atoms. The van der Waals surface area contributed by atoms with Crippen molar-refractivity contribution in [1.29, 1.82) is 0 Å². The maximum atomic E-state index is 13.7. The van der Waals surface area contributed by atoms with E-state index in [-0.39, 0.29) is 22.8 Å². The first-order valence-electron chi connectivity index (χ1n) is 9.16. The SMILES string of the molecule is [C-]#[N+]c1cc(F)cc(N2CCN(C(=O)c3nn(C)c(=O)c4ccccc34)CC2)c1. The maximum Gasteiger partial charge on any atom is 0.275 e. The smallest absolute Gasteiger partial charge is 0.275 e. The third kappa shape index (κ3) is 3.43. The van der Waals surface area contributed by atoms with Crippen LogP contribution in [0.3, 0.4) is 0 Å². The van der Waals surface area contributed by atoms with Gasteiger partial charge in [-0.2, -0.15) is 5.10 Å². The van der Waals surface area contributed by atoms with E-state index in [0.29, 0.717) is 42.6 Å². The van der Waals surface area contributed by atoms with Crippen molar-refractivity contribution >= 4 is 28.1 Å². The molecular weight excluding hydrogens is 373 g/mol. The van der Waals surface area contributed by atoms with Crippen LogP contribution in [0.2, 0.25) is 0 Å². The van der Waals surface area contributed by atoms with E-state index in [2.05, 4.69) is 9.94 Å². The highest BCUT2D eigenvalue weighted by Crippen LogP contribution is 2.25. The zero-order chi connectivity index (χ0) is 20.5. The van der Waals surface area contributed by atoms with E-state index in [0.717, 1.165) is 0 Å². The number of aromatic nitrogens is 2. The molecule has 2 aromatic carbocycles. The van der Waals surface area contributed by atoms with E-state index in [1.165, 1.54) is 23.9 Å². The summed E-state index contributed by atoms with van der Waals surface area (Å²) in [6, 6.07) is 11.2. The highest BCUT2D eigenvalue weighted by molar-refractivity contribution is 6.04. The van der Waals surface area contributed by atoms with Gasteiger partial charge in [0.05, 0.1) is 12.0 Å². The number of hydrogen-bond acceptors (Lipinski definition) is 4. The van der Waals surface area contributed by atoms with Crippen molar-refractivity contribution in [2.45, 2.75) is 0 Å². The van der Waals surface area contributed by atoms with E-state index in [1.807, 2.05) is 4.90 Å². The molecule has 0 radical (unpaired) electrons. The zero-order valence-corrected chi connectivity index (χ0v) is 15.8. The lowest BCUT2D eigenvalue weighted by molar-refractivity contribution is 0.0740. The molecule has 4 rings (SSSR count). The highest BCUT2D eigenvalue weighted by Gasteiger charge is 2.26. The van der Waals surface area contributed by atoms with E-state index in [1.54, 1.807) is 35.2 Å². The molecule has 1 aromatic heterocycles. The summed E-state index contributed by atoms with van der Waals surface area (Å²) in [6.45, 7) is 8.97. The van der Waals surface area contributed by atoms with Gasteiger partial charge in [-0.25, -0.2) is 13.9 Å². The minimum absolute atomic E-state index is 0.238. The van der Waals surface area contributed by atoms with Gasteiger partial charge >= 0.3 is 0 Å². The number of hydrogen-bond donors (Lipinski definition) is 0.